The molecule has 108 valence electrons. The van der Waals surface area contributed by atoms with Crippen LogP contribution in [0.15, 0.2) is 61.8 Å². The normalized spacial score (nSPS) is 11.3. The molecule has 0 fully saturated rings. The highest BCUT2D eigenvalue weighted by atomic mass is 16.1. The van der Waals surface area contributed by atoms with Crippen LogP contribution in [0, 0.1) is 5.41 Å². The molecular formula is C19H21NO. The molecule has 0 aliphatic heterocycles. The third-order valence-electron chi connectivity index (χ3n) is 4.09. The molecule has 0 atom stereocenters. The van der Waals surface area contributed by atoms with Crippen molar-refractivity contribution in [2.24, 2.45) is 5.41 Å². The number of rotatable bonds is 7. The van der Waals surface area contributed by atoms with Gasteiger partial charge in [0.25, 0.3) is 0 Å². The maximum atomic E-state index is 12.3. The molecule has 0 bridgehead atoms. The summed E-state index contributed by atoms with van der Waals surface area (Å²) in [6.07, 6.45) is 7.46. The molecule has 0 aliphatic rings. The van der Waals surface area contributed by atoms with Crippen LogP contribution >= 0.6 is 0 Å². The lowest BCUT2D eigenvalue weighted by atomic mass is 9.72. The second kappa shape index (κ2) is 6.49. The number of para-hydroxylation sites is 1. The second-order valence-electron chi connectivity index (χ2n) is 5.49. The van der Waals surface area contributed by atoms with E-state index >= 15 is 0 Å². The Labute approximate surface area is 126 Å². The van der Waals surface area contributed by atoms with E-state index in [1.54, 1.807) is 6.92 Å². The molecule has 0 amide bonds. The van der Waals surface area contributed by atoms with E-state index < -0.39 is 5.41 Å². The lowest BCUT2D eigenvalue weighted by Gasteiger charge is -2.29. The minimum atomic E-state index is -0.451. The molecule has 2 aromatic rings. The van der Waals surface area contributed by atoms with Gasteiger partial charge in [0, 0.05) is 17.0 Å². The number of aromatic nitrogens is 1. The molecule has 0 aliphatic carbocycles. The van der Waals surface area contributed by atoms with Crippen molar-refractivity contribution in [3.8, 4) is 0 Å². The quantitative estimate of drug-likeness (QED) is 0.698. The molecule has 0 N–H and O–H groups in total. The molecule has 0 spiro atoms. The Morgan fingerprint density at radius 3 is 2.48 bits per heavy atom. The van der Waals surface area contributed by atoms with Gasteiger partial charge in [-0.05, 0) is 43.9 Å². The third kappa shape index (κ3) is 3.10. The van der Waals surface area contributed by atoms with Gasteiger partial charge in [0.05, 0.1) is 5.52 Å². The van der Waals surface area contributed by atoms with E-state index in [1.165, 1.54) is 0 Å². The average Bonchev–Trinajstić information content (AvgIpc) is 2.48. The summed E-state index contributed by atoms with van der Waals surface area (Å²) in [5.74, 6) is 0.184. The van der Waals surface area contributed by atoms with Crippen molar-refractivity contribution in [3.05, 3.63) is 67.4 Å². The molecule has 1 heterocycles. The lowest BCUT2D eigenvalue weighted by Crippen LogP contribution is -2.31. The van der Waals surface area contributed by atoms with E-state index in [2.05, 4.69) is 24.2 Å². The SMILES string of the molecule is C=CCC(CC=C)(Cc1ccnc2ccccc12)C(C)=O. The van der Waals surface area contributed by atoms with E-state index in [4.69, 9.17) is 0 Å². The van der Waals surface area contributed by atoms with Gasteiger partial charge in [0.15, 0.2) is 0 Å². The summed E-state index contributed by atoms with van der Waals surface area (Å²) in [7, 11) is 0. The number of Topliss-reactive ketones (excluding diaryl/α,β-unsaturated/α-hetero) is 1. The first-order chi connectivity index (χ1) is 10.1. The molecule has 21 heavy (non-hydrogen) atoms. The van der Waals surface area contributed by atoms with Crippen molar-refractivity contribution in [1.82, 2.24) is 4.98 Å². The number of benzene rings is 1. The Morgan fingerprint density at radius 1 is 1.19 bits per heavy atom. The topological polar surface area (TPSA) is 30.0 Å². The minimum absolute atomic E-state index is 0.184. The fraction of sp³-hybridized carbons (Fsp3) is 0.263. The average molecular weight is 279 g/mol. The second-order valence-corrected chi connectivity index (χ2v) is 5.49. The van der Waals surface area contributed by atoms with Gasteiger partial charge >= 0.3 is 0 Å². The van der Waals surface area contributed by atoms with Gasteiger partial charge in [-0.1, -0.05) is 30.4 Å². The van der Waals surface area contributed by atoms with Gasteiger partial charge < -0.3 is 0 Å². The number of carbonyl (C=O) groups is 1. The zero-order valence-electron chi connectivity index (χ0n) is 12.5. The molecule has 2 nitrogen and oxygen atoms in total. The van der Waals surface area contributed by atoms with Crippen molar-refractivity contribution in [1.29, 1.82) is 0 Å². The Hall–Kier alpha value is -2.22. The summed E-state index contributed by atoms with van der Waals surface area (Å²) in [6.45, 7) is 9.29. The zero-order valence-corrected chi connectivity index (χ0v) is 12.5. The van der Waals surface area contributed by atoms with Crippen LogP contribution in [0.25, 0.3) is 10.9 Å². The number of pyridine rings is 1. The molecular weight excluding hydrogens is 258 g/mol. The van der Waals surface area contributed by atoms with Crippen LogP contribution in [0.1, 0.15) is 25.3 Å². The van der Waals surface area contributed by atoms with Gasteiger partial charge in [0.1, 0.15) is 5.78 Å². The molecule has 1 aromatic carbocycles. The van der Waals surface area contributed by atoms with E-state index in [-0.39, 0.29) is 5.78 Å². The van der Waals surface area contributed by atoms with Gasteiger partial charge in [0.2, 0.25) is 0 Å². The highest BCUT2D eigenvalue weighted by Crippen LogP contribution is 2.35. The Morgan fingerprint density at radius 2 is 1.86 bits per heavy atom. The largest absolute Gasteiger partial charge is 0.299 e. The summed E-state index contributed by atoms with van der Waals surface area (Å²) < 4.78 is 0. The summed E-state index contributed by atoms with van der Waals surface area (Å²) in [5, 5.41) is 1.11. The van der Waals surface area contributed by atoms with Crippen molar-refractivity contribution < 1.29 is 4.79 Å². The number of ketones is 1. The predicted molar refractivity (Wildman–Crippen MR) is 88.2 cm³/mol. The van der Waals surface area contributed by atoms with Crippen LogP contribution in [0.2, 0.25) is 0 Å². The number of hydrogen-bond donors (Lipinski definition) is 0. The van der Waals surface area contributed by atoms with Crippen LogP contribution in [0.4, 0.5) is 0 Å². The minimum Gasteiger partial charge on any atom is -0.299 e. The Bertz CT molecular complexity index is 657. The summed E-state index contributed by atoms with van der Waals surface area (Å²) in [6, 6.07) is 10.0. The molecule has 2 heteroatoms. The van der Waals surface area contributed by atoms with Crippen LogP contribution in [-0.2, 0) is 11.2 Å². The maximum Gasteiger partial charge on any atom is 0.136 e. The van der Waals surface area contributed by atoms with Crippen molar-refractivity contribution >= 4 is 16.7 Å². The Balaban J connectivity index is 2.50. The van der Waals surface area contributed by atoms with E-state index in [9.17, 15) is 4.79 Å². The van der Waals surface area contributed by atoms with Gasteiger partial charge in [-0.2, -0.15) is 0 Å². The number of carbonyl (C=O) groups excluding carboxylic acids is 1. The maximum absolute atomic E-state index is 12.3. The van der Waals surface area contributed by atoms with Crippen LogP contribution in [0.3, 0.4) is 0 Å². The van der Waals surface area contributed by atoms with Crippen LogP contribution in [-0.4, -0.2) is 10.8 Å². The zero-order chi connectivity index (χ0) is 15.3. The van der Waals surface area contributed by atoms with E-state index in [0.29, 0.717) is 19.3 Å². The summed E-state index contributed by atoms with van der Waals surface area (Å²) >= 11 is 0. The van der Waals surface area contributed by atoms with Crippen LogP contribution < -0.4 is 0 Å². The number of nitrogens with zero attached hydrogens (tertiary/aromatic N) is 1. The monoisotopic (exact) mass is 279 g/mol. The van der Waals surface area contributed by atoms with Gasteiger partial charge in [-0.25, -0.2) is 0 Å². The first-order valence-electron chi connectivity index (χ1n) is 7.18. The van der Waals surface area contributed by atoms with E-state index in [0.717, 1.165) is 16.5 Å². The lowest BCUT2D eigenvalue weighted by molar-refractivity contribution is -0.126. The van der Waals surface area contributed by atoms with Crippen LogP contribution in [0.5, 0.6) is 0 Å². The molecule has 1 aromatic heterocycles. The number of hydrogen-bond acceptors (Lipinski definition) is 2. The molecule has 0 radical (unpaired) electrons. The third-order valence-corrected chi connectivity index (χ3v) is 4.09. The highest BCUT2D eigenvalue weighted by Gasteiger charge is 2.33. The highest BCUT2D eigenvalue weighted by molar-refractivity contribution is 5.86. The number of fused-ring (bicyclic) bond motifs is 1. The Kier molecular flexibility index (Phi) is 4.69. The van der Waals surface area contributed by atoms with E-state index in [1.807, 2.05) is 42.6 Å². The first-order valence-corrected chi connectivity index (χ1v) is 7.18. The smallest absolute Gasteiger partial charge is 0.136 e. The molecule has 0 saturated carbocycles. The molecule has 0 saturated heterocycles. The predicted octanol–water partition coefficient (Wildman–Crippen LogP) is 4.50. The van der Waals surface area contributed by atoms with Gasteiger partial charge in [-0.3, -0.25) is 9.78 Å². The fourth-order valence-corrected chi connectivity index (χ4v) is 2.87. The standard InChI is InChI=1S/C19H21NO/c1-4-11-19(12-5-2,15(3)21)14-16-10-13-20-18-9-7-6-8-17(16)18/h4-10,13H,1-2,11-12,14H2,3H3. The molecule has 2 rings (SSSR count). The van der Waals surface area contributed by atoms with Crippen molar-refractivity contribution in [2.75, 3.05) is 0 Å². The summed E-state index contributed by atoms with van der Waals surface area (Å²) in [4.78, 5) is 16.7. The number of allylic oxidation sites excluding steroid dienone is 2. The first kappa shape index (κ1) is 15.2. The summed E-state index contributed by atoms with van der Waals surface area (Å²) in [5.41, 5.74) is 1.66. The van der Waals surface area contributed by atoms with Crippen molar-refractivity contribution in [2.45, 2.75) is 26.2 Å². The molecule has 0 unspecified atom stereocenters. The van der Waals surface area contributed by atoms with Gasteiger partial charge in [-0.15, -0.1) is 13.2 Å². The van der Waals surface area contributed by atoms with Crippen molar-refractivity contribution in [3.63, 3.8) is 0 Å². The fourth-order valence-electron chi connectivity index (χ4n) is 2.87.